The Hall–Kier alpha value is -0.580. The third kappa shape index (κ3) is 2.64. The Labute approximate surface area is 110 Å². The minimum Gasteiger partial charge on any atom is -0.444 e. The van der Waals surface area contributed by atoms with E-state index in [2.05, 4.69) is 15.9 Å². The number of carbonyl (C=O) groups is 2. The van der Waals surface area contributed by atoms with Gasteiger partial charge in [-0.25, -0.2) is 4.79 Å². The molecule has 0 unspecified atom stereocenters. The zero-order valence-corrected chi connectivity index (χ0v) is 12.0. The van der Waals surface area contributed by atoms with E-state index in [4.69, 9.17) is 4.74 Å². The van der Waals surface area contributed by atoms with Crippen LogP contribution in [0.3, 0.4) is 0 Å². The molecule has 0 radical (unpaired) electrons. The lowest BCUT2D eigenvalue weighted by atomic mass is 10.2. The average Bonchev–Trinajstić information content (AvgIpc) is 2.69. The molecule has 1 saturated heterocycles. The predicted octanol–water partition coefficient (Wildman–Crippen LogP) is 2.06. The van der Waals surface area contributed by atoms with Crippen molar-refractivity contribution in [2.24, 2.45) is 17.8 Å². The second-order valence-electron chi connectivity index (χ2n) is 5.84. The Bertz CT molecular complexity index is 338. The van der Waals surface area contributed by atoms with Gasteiger partial charge < -0.3 is 9.64 Å². The van der Waals surface area contributed by atoms with Gasteiger partial charge >= 0.3 is 6.09 Å². The zero-order chi connectivity index (χ0) is 12.8. The molecule has 96 valence electrons. The number of likely N-dealkylation sites (tertiary alicyclic amines) is 1. The number of piperidine rings is 1. The first kappa shape index (κ1) is 12.9. The van der Waals surface area contributed by atoms with Crippen LogP contribution >= 0.6 is 15.9 Å². The van der Waals surface area contributed by atoms with Crippen molar-refractivity contribution < 1.29 is 14.3 Å². The summed E-state index contributed by atoms with van der Waals surface area (Å²) in [5, 5.41) is 0.428. The molecule has 17 heavy (non-hydrogen) atoms. The van der Waals surface area contributed by atoms with E-state index < -0.39 is 5.60 Å². The van der Waals surface area contributed by atoms with Gasteiger partial charge in [0.2, 0.25) is 0 Å². The van der Waals surface area contributed by atoms with Crippen LogP contribution in [0.5, 0.6) is 0 Å². The highest BCUT2D eigenvalue weighted by Gasteiger charge is 2.59. The van der Waals surface area contributed by atoms with E-state index in [1.807, 2.05) is 20.8 Å². The number of nitrogens with zero attached hydrogens (tertiary/aromatic N) is 1. The maximum Gasteiger partial charge on any atom is 0.410 e. The summed E-state index contributed by atoms with van der Waals surface area (Å²) in [6.45, 7) is 6.92. The molecule has 1 heterocycles. The minimum atomic E-state index is -0.449. The van der Waals surface area contributed by atoms with Crippen molar-refractivity contribution in [3.63, 3.8) is 0 Å². The molecule has 2 rings (SSSR count). The third-order valence-corrected chi connectivity index (χ3v) is 3.90. The van der Waals surface area contributed by atoms with E-state index in [9.17, 15) is 9.59 Å². The first-order valence-electron chi connectivity index (χ1n) is 5.90. The van der Waals surface area contributed by atoms with Gasteiger partial charge in [0.1, 0.15) is 11.4 Å². The second kappa shape index (κ2) is 4.26. The second-order valence-corrected chi connectivity index (χ2v) is 6.40. The summed E-state index contributed by atoms with van der Waals surface area (Å²) in [5.41, 5.74) is -0.449. The van der Waals surface area contributed by atoms with Gasteiger partial charge in [-0.1, -0.05) is 15.9 Å². The van der Waals surface area contributed by atoms with Crippen LogP contribution < -0.4 is 0 Å². The number of halogens is 1. The van der Waals surface area contributed by atoms with E-state index in [0.717, 1.165) is 0 Å². The summed E-state index contributed by atoms with van der Waals surface area (Å²) in [6.07, 6.45) is -0.255. The number of amides is 1. The molecule has 4 nitrogen and oxygen atoms in total. The van der Waals surface area contributed by atoms with Crippen molar-refractivity contribution in [3.05, 3.63) is 0 Å². The molecule has 0 aromatic rings. The molecule has 1 saturated carbocycles. The molecular formula is C12H18BrNO3. The van der Waals surface area contributed by atoms with Crippen molar-refractivity contribution in [3.8, 4) is 0 Å². The van der Waals surface area contributed by atoms with E-state index in [0.29, 0.717) is 30.3 Å². The van der Waals surface area contributed by atoms with E-state index >= 15 is 0 Å². The van der Waals surface area contributed by atoms with Gasteiger partial charge in [-0.05, 0) is 32.6 Å². The fourth-order valence-corrected chi connectivity index (χ4v) is 2.94. The van der Waals surface area contributed by atoms with Gasteiger partial charge in [-0.3, -0.25) is 4.79 Å². The molecule has 1 aliphatic carbocycles. The molecule has 1 aliphatic heterocycles. The number of hydrogen-bond acceptors (Lipinski definition) is 3. The molecule has 2 fully saturated rings. The van der Waals surface area contributed by atoms with E-state index in [-0.39, 0.29) is 17.8 Å². The largest absolute Gasteiger partial charge is 0.444 e. The van der Waals surface area contributed by atoms with Crippen LogP contribution in [0.2, 0.25) is 0 Å². The lowest BCUT2D eigenvalue weighted by molar-refractivity contribution is -0.118. The van der Waals surface area contributed by atoms with E-state index in [1.54, 1.807) is 4.90 Å². The summed E-state index contributed by atoms with van der Waals surface area (Å²) in [4.78, 5) is 25.0. The van der Waals surface area contributed by atoms with Crippen molar-refractivity contribution in [2.45, 2.75) is 26.4 Å². The molecule has 3 atom stereocenters. The van der Waals surface area contributed by atoms with Crippen LogP contribution in [0.15, 0.2) is 0 Å². The Balaban J connectivity index is 1.83. The van der Waals surface area contributed by atoms with Crippen molar-refractivity contribution in [1.82, 2.24) is 4.90 Å². The van der Waals surface area contributed by atoms with Gasteiger partial charge in [0, 0.05) is 19.0 Å². The SMILES string of the molecule is CC(C)(C)OC(=O)N1C[C@@H]2[C@H](C1)[C@@H]2C(=O)CBr. The van der Waals surface area contributed by atoms with Gasteiger partial charge in [-0.2, -0.15) is 0 Å². The summed E-state index contributed by atoms with van der Waals surface area (Å²) in [7, 11) is 0. The molecular weight excluding hydrogens is 286 g/mol. The zero-order valence-electron chi connectivity index (χ0n) is 10.4. The predicted molar refractivity (Wildman–Crippen MR) is 67.1 cm³/mol. The summed E-state index contributed by atoms with van der Waals surface area (Å²) in [6, 6.07) is 0. The van der Waals surface area contributed by atoms with Gasteiger partial charge in [0.25, 0.3) is 0 Å². The number of ketones is 1. The van der Waals surface area contributed by atoms with Crippen molar-refractivity contribution >= 4 is 27.8 Å². The topological polar surface area (TPSA) is 46.6 Å². The fourth-order valence-electron chi connectivity index (χ4n) is 2.57. The Morgan fingerprint density at radius 1 is 1.29 bits per heavy atom. The van der Waals surface area contributed by atoms with Crippen LogP contribution in [0, 0.1) is 17.8 Å². The summed E-state index contributed by atoms with van der Waals surface area (Å²) >= 11 is 3.19. The molecule has 5 heteroatoms. The van der Waals surface area contributed by atoms with Crippen LogP contribution in [0.1, 0.15) is 20.8 Å². The number of fused-ring (bicyclic) bond motifs is 1. The van der Waals surface area contributed by atoms with Gasteiger partial charge in [0.15, 0.2) is 0 Å². The Kier molecular flexibility index (Phi) is 3.23. The van der Waals surface area contributed by atoms with Crippen molar-refractivity contribution in [1.29, 1.82) is 0 Å². The Morgan fingerprint density at radius 3 is 2.24 bits per heavy atom. The normalized spacial score (nSPS) is 31.1. The van der Waals surface area contributed by atoms with Gasteiger partial charge in [-0.15, -0.1) is 0 Å². The molecule has 0 N–H and O–H groups in total. The van der Waals surface area contributed by atoms with Crippen molar-refractivity contribution in [2.75, 3.05) is 18.4 Å². The highest BCUT2D eigenvalue weighted by atomic mass is 79.9. The average molecular weight is 304 g/mol. The molecule has 0 spiro atoms. The highest BCUT2D eigenvalue weighted by molar-refractivity contribution is 9.09. The summed E-state index contributed by atoms with van der Waals surface area (Å²) in [5.74, 6) is 1.18. The standard InChI is InChI=1S/C12H18BrNO3/c1-12(2,3)17-11(16)14-5-7-8(6-14)10(7)9(15)4-13/h7-8,10H,4-6H2,1-3H3/t7-,8+,10-. The number of ether oxygens (including phenoxy) is 1. The number of carbonyl (C=O) groups excluding carboxylic acids is 2. The van der Waals surface area contributed by atoms with Gasteiger partial charge in [0.05, 0.1) is 5.33 Å². The van der Waals surface area contributed by atoms with Crippen LogP contribution in [0.25, 0.3) is 0 Å². The number of alkyl halides is 1. The molecule has 1 amide bonds. The highest BCUT2D eigenvalue weighted by Crippen LogP contribution is 2.52. The maximum atomic E-state index is 11.8. The molecule has 2 aliphatic rings. The number of rotatable bonds is 2. The Morgan fingerprint density at radius 2 is 1.82 bits per heavy atom. The third-order valence-electron chi connectivity index (χ3n) is 3.35. The number of Topliss-reactive ketones (excluding diaryl/α,β-unsaturated/α-hetero) is 1. The monoisotopic (exact) mass is 303 g/mol. The lowest BCUT2D eigenvalue weighted by Crippen LogP contribution is -2.37. The summed E-state index contributed by atoms with van der Waals surface area (Å²) < 4.78 is 5.31. The first-order valence-corrected chi connectivity index (χ1v) is 7.02. The fraction of sp³-hybridized carbons (Fsp3) is 0.833. The van der Waals surface area contributed by atoms with E-state index in [1.165, 1.54) is 0 Å². The van der Waals surface area contributed by atoms with Crippen LogP contribution in [-0.4, -0.2) is 40.8 Å². The number of hydrogen-bond donors (Lipinski definition) is 0. The molecule has 0 aromatic carbocycles. The van der Waals surface area contributed by atoms with Crippen LogP contribution in [-0.2, 0) is 9.53 Å². The smallest absolute Gasteiger partial charge is 0.410 e. The first-order chi connectivity index (χ1) is 7.83. The molecule has 0 aromatic heterocycles. The maximum absolute atomic E-state index is 11.8. The quantitative estimate of drug-likeness (QED) is 0.734. The minimum absolute atomic E-state index is 0.174. The van der Waals surface area contributed by atoms with Crippen LogP contribution in [0.4, 0.5) is 4.79 Å². The lowest BCUT2D eigenvalue weighted by Gasteiger charge is -2.25. The molecule has 0 bridgehead atoms.